The van der Waals surface area contributed by atoms with Crippen molar-refractivity contribution < 1.29 is 22.7 Å². The quantitative estimate of drug-likeness (QED) is 0.546. The standard InChI is InChI=1S/C25H21N3O5S/c1-17-12-19-7-2-3-11-23(19)28(17)34(31,32)22-10-5-8-20(14-22)25(30)33-16-24(29)27-21-9-4-6-18(13-21)15-26/h2-11,13-14,17H,12,16H2,1H3,(H,27,29). The number of anilines is 2. The number of nitrogens with zero attached hydrogens (tertiary/aromatic N) is 2. The molecule has 34 heavy (non-hydrogen) atoms. The first-order valence-electron chi connectivity index (χ1n) is 10.5. The Morgan fingerprint density at radius 3 is 2.65 bits per heavy atom. The van der Waals surface area contributed by atoms with Crippen LogP contribution >= 0.6 is 0 Å². The molecule has 1 N–H and O–H groups in total. The van der Waals surface area contributed by atoms with Gasteiger partial charge in [0.05, 0.1) is 27.8 Å². The van der Waals surface area contributed by atoms with Crippen molar-refractivity contribution in [2.24, 2.45) is 0 Å². The van der Waals surface area contributed by atoms with Gasteiger partial charge in [0.2, 0.25) is 0 Å². The van der Waals surface area contributed by atoms with Crippen LogP contribution in [0.2, 0.25) is 0 Å². The molecular formula is C25H21N3O5S. The van der Waals surface area contributed by atoms with E-state index in [1.807, 2.05) is 25.1 Å². The monoisotopic (exact) mass is 475 g/mol. The van der Waals surface area contributed by atoms with Crippen molar-refractivity contribution in [2.75, 3.05) is 16.2 Å². The smallest absolute Gasteiger partial charge is 0.338 e. The lowest BCUT2D eigenvalue weighted by Crippen LogP contribution is -2.35. The number of hydrogen-bond donors (Lipinski definition) is 1. The average molecular weight is 476 g/mol. The number of ether oxygens (including phenoxy) is 1. The van der Waals surface area contributed by atoms with E-state index in [2.05, 4.69) is 5.32 Å². The van der Waals surface area contributed by atoms with Crippen LogP contribution in [0.4, 0.5) is 11.4 Å². The summed E-state index contributed by atoms with van der Waals surface area (Å²) >= 11 is 0. The van der Waals surface area contributed by atoms with Crippen molar-refractivity contribution >= 4 is 33.3 Å². The van der Waals surface area contributed by atoms with Crippen molar-refractivity contribution in [1.82, 2.24) is 0 Å². The van der Waals surface area contributed by atoms with Crippen LogP contribution in [0.1, 0.15) is 28.4 Å². The van der Waals surface area contributed by atoms with Crippen LogP contribution in [0.5, 0.6) is 0 Å². The number of nitriles is 1. The molecule has 9 heteroatoms. The number of carbonyl (C=O) groups excluding carboxylic acids is 2. The van der Waals surface area contributed by atoms with Gasteiger partial charge in [0.25, 0.3) is 15.9 Å². The molecule has 3 aromatic rings. The Morgan fingerprint density at radius 2 is 1.85 bits per heavy atom. The van der Waals surface area contributed by atoms with E-state index in [9.17, 15) is 18.0 Å². The third kappa shape index (κ3) is 4.63. The SMILES string of the molecule is CC1Cc2ccccc2N1S(=O)(=O)c1cccc(C(=O)OCC(=O)Nc2cccc(C#N)c2)c1. The normalized spacial score (nSPS) is 14.7. The van der Waals surface area contributed by atoms with Crippen LogP contribution < -0.4 is 9.62 Å². The zero-order chi connectivity index (χ0) is 24.3. The number of carbonyl (C=O) groups is 2. The van der Waals surface area contributed by atoms with Crippen LogP contribution in [0, 0.1) is 11.3 Å². The van der Waals surface area contributed by atoms with Gasteiger partial charge in [-0.05, 0) is 61.4 Å². The molecule has 0 radical (unpaired) electrons. The van der Waals surface area contributed by atoms with Gasteiger partial charge in [-0.15, -0.1) is 0 Å². The second kappa shape index (κ2) is 9.37. The van der Waals surface area contributed by atoms with E-state index in [-0.39, 0.29) is 16.5 Å². The third-order valence-electron chi connectivity index (χ3n) is 5.38. The summed E-state index contributed by atoms with van der Waals surface area (Å²) in [6, 6.07) is 20.9. The first-order chi connectivity index (χ1) is 16.3. The predicted molar refractivity (Wildman–Crippen MR) is 126 cm³/mol. The second-order valence-electron chi connectivity index (χ2n) is 7.83. The lowest BCUT2D eigenvalue weighted by Gasteiger charge is -2.24. The topological polar surface area (TPSA) is 117 Å². The molecule has 1 atom stereocenters. The van der Waals surface area contributed by atoms with Crippen LogP contribution in [0.15, 0.2) is 77.7 Å². The molecule has 0 aliphatic carbocycles. The minimum absolute atomic E-state index is 0.0143. The largest absolute Gasteiger partial charge is 0.452 e. The van der Waals surface area contributed by atoms with Crippen molar-refractivity contribution in [1.29, 1.82) is 5.26 Å². The summed E-state index contributed by atoms with van der Waals surface area (Å²) in [5, 5.41) is 11.5. The highest BCUT2D eigenvalue weighted by Gasteiger charge is 2.36. The van der Waals surface area contributed by atoms with Gasteiger partial charge in [-0.1, -0.05) is 30.3 Å². The van der Waals surface area contributed by atoms with E-state index in [0.717, 1.165) is 5.56 Å². The van der Waals surface area contributed by atoms with Gasteiger partial charge in [-0.2, -0.15) is 5.26 Å². The summed E-state index contributed by atoms with van der Waals surface area (Å²) < 4.78 is 33.2. The number of rotatable bonds is 6. The van der Waals surface area contributed by atoms with Crippen molar-refractivity contribution in [3.63, 3.8) is 0 Å². The lowest BCUT2D eigenvalue weighted by molar-refractivity contribution is -0.119. The fourth-order valence-corrected chi connectivity index (χ4v) is 5.62. The summed E-state index contributed by atoms with van der Waals surface area (Å²) in [6.07, 6.45) is 0.601. The van der Waals surface area contributed by atoms with Gasteiger partial charge in [-0.25, -0.2) is 13.2 Å². The number of hydrogen-bond acceptors (Lipinski definition) is 6. The molecule has 0 aromatic heterocycles. The number of sulfonamides is 1. The zero-order valence-electron chi connectivity index (χ0n) is 18.3. The molecule has 172 valence electrons. The van der Waals surface area contributed by atoms with E-state index >= 15 is 0 Å². The molecule has 1 aliphatic heterocycles. The average Bonchev–Trinajstić information content (AvgIpc) is 3.19. The molecule has 0 bridgehead atoms. The van der Waals surface area contributed by atoms with E-state index in [4.69, 9.17) is 10.00 Å². The summed E-state index contributed by atoms with van der Waals surface area (Å²) in [5.41, 5.74) is 2.36. The van der Waals surface area contributed by atoms with Crippen molar-refractivity contribution in [3.8, 4) is 6.07 Å². The number of amides is 1. The zero-order valence-corrected chi connectivity index (χ0v) is 19.1. The highest BCUT2D eigenvalue weighted by molar-refractivity contribution is 7.92. The Morgan fingerprint density at radius 1 is 1.09 bits per heavy atom. The third-order valence-corrected chi connectivity index (χ3v) is 7.31. The minimum atomic E-state index is -3.92. The minimum Gasteiger partial charge on any atom is -0.452 e. The molecule has 4 rings (SSSR count). The molecule has 0 fully saturated rings. The Bertz CT molecular complexity index is 1410. The molecule has 0 saturated heterocycles. The van der Waals surface area contributed by atoms with Crippen LogP contribution in [-0.4, -0.2) is 32.9 Å². The first-order valence-corrected chi connectivity index (χ1v) is 11.9. The lowest BCUT2D eigenvalue weighted by atomic mass is 10.1. The maximum absolute atomic E-state index is 13.4. The van der Waals surface area contributed by atoms with Gasteiger partial charge < -0.3 is 10.1 Å². The number of fused-ring (bicyclic) bond motifs is 1. The highest BCUT2D eigenvalue weighted by Crippen LogP contribution is 2.36. The Balaban J connectivity index is 1.46. The predicted octanol–water partition coefficient (Wildman–Crippen LogP) is 3.49. The molecule has 3 aromatic carbocycles. The summed E-state index contributed by atoms with van der Waals surface area (Å²) in [6.45, 7) is 1.27. The van der Waals surface area contributed by atoms with Gasteiger partial charge in [0.15, 0.2) is 6.61 Å². The maximum Gasteiger partial charge on any atom is 0.338 e. The molecule has 0 saturated carbocycles. The summed E-state index contributed by atoms with van der Waals surface area (Å²) in [4.78, 5) is 24.6. The number of benzene rings is 3. The summed E-state index contributed by atoms with van der Waals surface area (Å²) in [7, 11) is -3.92. The first kappa shape index (κ1) is 23.0. The Hall–Kier alpha value is -4.16. The van der Waals surface area contributed by atoms with Crippen LogP contribution in [0.3, 0.4) is 0 Å². The van der Waals surface area contributed by atoms with Gasteiger partial charge in [0, 0.05) is 11.7 Å². The fraction of sp³-hybridized carbons (Fsp3) is 0.160. The number of esters is 1. The summed E-state index contributed by atoms with van der Waals surface area (Å²) in [5.74, 6) is -1.41. The molecule has 0 spiro atoms. The molecule has 1 unspecified atom stereocenters. The number of para-hydroxylation sites is 1. The van der Waals surface area contributed by atoms with Crippen molar-refractivity contribution in [3.05, 3.63) is 89.5 Å². The Kier molecular flexibility index (Phi) is 6.34. The van der Waals surface area contributed by atoms with E-state index in [0.29, 0.717) is 23.4 Å². The van der Waals surface area contributed by atoms with Gasteiger partial charge in [-0.3, -0.25) is 9.10 Å². The molecule has 1 aliphatic rings. The van der Waals surface area contributed by atoms with Crippen LogP contribution in [-0.2, 0) is 26.0 Å². The van der Waals surface area contributed by atoms with E-state index in [1.165, 1.54) is 34.6 Å². The van der Waals surface area contributed by atoms with Crippen molar-refractivity contribution in [2.45, 2.75) is 24.3 Å². The second-order valence-corrected chi connectivity index (χ2v) is 9.64. The van der Waals surface area contributed by atoms with Crippen LogP contribution in [0.25, 0.3) is 0 Å². The van der Waals surface area contributed by atoms with Gasteiger partial charge in [0.1, 0.15) is 0 Å². The molecule has 1 amide bonds. The molecule has 1 heterocycles. The van der Waals surface area contributed by atoms with E-state index < -0.39 is 28.5 Å². The van der Waals surface area contributed by atoms with Gasteiger partial charge >= 0.3 is 5.97 Å². The van der Waals surface area contributed by atoms with E-state index in [1.54, 1.807) is 30.3 Å². The Labute approximate surface area is 197 Å². The maximum atomic E-state index is 13.4. The molecule has 8 nitrogen and oxygen atoms in total. The fourth-order valence-electron chi connectivity index (χ4n) is 3.88. The molecular weight excluding hydrogens is 454 g/mol. The highest BCUT2D eigenvalue weighted by atomic mass is 32.2. The number of nitrogens with one attached hydrogen (secondary N) is 1.